The Bertz CT molecular complexity index is 430. The van der Waals surface area contributed by atoms with E-state index >= 15 is 0 Å². The van der Waals surface area contributed by atoms with Gasteiger partial charge in [-0.15, -0.1) is 0 Å². The first-order valence-corrected chi connectivity index (χ1v) is 6.82. The highest BCUT2D eigenvalue weighted by Crippen LogP contribution is 2.16. The van der Waals surface area contributed by atoms with Crippen LogP contribution < -0.4 is 5.32 Å². The monoisotopic (exact) mass is 262 g/mol. The number of hydrogen-bond donors (Lipinski definition) is 2. The number of hydrogen-bond acceptors (Lipinski definition) is 2. The van der Waals surface area contributed by atoms with Crippen molar-refractivity contribution in [1.82, 2.24) is 10.2 Å². The van der Waals surface area contributed by atoms with Gasteiger partial charge in [-0.2, -0.15) is 0 Å². The number of aryl methyl sites for hydroxylation is 1. The first kappa shape index (κ1) is 13.9. The molecular weight excluding hydrogens is 240 g/mol. The molecule has 1 aliphatic heterocycles. The zero-order chi connectivity index (χ0) is 13.8. The fourth-order valence-electron chi connectivity index (χ4n) is 2.23. The lowest BCUT2D eigenvalue weighted by Crippen LogP contribution is -2.49. The van der Waals surface area contributed by atoms with Gasteiger partial charge in [-0.1, -0.05) is 36.8 Å². The number of nitrogens with zero attached hydrogens (tertiary/aromatic N) is 1. The number of β-amino-alcohol motifs (C(OH)–C–C–N with tert-alkyl or cyclic N) is 1. The molecule has 2 amide bonds. The Morgan fingerprint density at radius 3 is 2.74 bits per heavy atom. The second kappa shape index (κ2) is 6.06. The highest BCUT2D eigenvalue weighted by atomic mass is 16.3. The molecule has 0 saturated carbocycles. The number of rotatable bonds is 2. The normalized spacial score (nSPS) is 23.2. The molecule has 4 heteroatoms. The van der Waals surface area contributed by atoms with Crippen LogP contribution >= 0.6 is 0 Å². The Hall–Kier alpha value is -1.55. The average molecular weight is 262 g/mol. The number of carbonyl (C=O) groups excluding carboxylic acids is 1. The van der Waals surface area contributed by atoms with E-state index < -0.39 is 6.10 Å². The van der Waals surface area contributed by atoms with Crippen molar-refractivity contribution in [3.8, 4) is 0 Å². The van der Waals surface area contributed by atoms with E-state index in [4.69, 9.17) is 0 Å². The van der Waals surface area contributed by atoms with Crippen LogP contribution in [0.3, 0.4) is 0 Å². The summed E-state index contributed by atoms with van der Waals surface area (Å²) in [5.74, 6) is 0.279. The predicted octanol–water partition coefficient (Wildman–Crippen LogP) is 1.91. The molecule has 1 aromatic rings. The zero-order valence-electron chi connectivity index (χ0n) is 11.6. The van der Waals surface area contributed by atoms with Crippen molar-refractivity contribution in [3.63, 3.8) is 0 Å². The van der Waals surface area contributed by atoms with Gasteiger partial charge in [0, 0.05) is 19.6 Å². The second-order valence-corrected chi connectivity index (χ2v) is 5.42. The van der Waals surface area contributed by atoms with Crippen LogP contribution in [-0.4, -0.2) is 35.2 Å². The molecule has 1 fully saturated rings. The molecule has 0 aromatic heterocycles. The lowest BCUT2D eigenvalue weighted by molar-refractivity contribution is 0.0435. The number of likely N-dealkylation sites (tertiary alicyclic amines) is 1. The van der Waals surface area contributed by atoms with Crippen LogP contribution in [0.1, 0.15) is 24.5 Å². The van der Waals surface area contributed by atoms with Crippen LogP contribution in [0, 0.1) is 12.8 Å². The van der Waals surface area contributed by atoms with E-state index in [-0.39, 0.29) is 11.9 Å². The standard InChI is InChI=1S/C15H22N2O2/c1-11-3-5-13(6-4-11)9-16-15(19)17-8-7-12(2)14(18)10-17/h3-6,12,14,18H,7-10H2,1-2H3,(H,16,19). The molecule has 0 aliphatic carbocycles. The summed E-state index contributed by atoms with van der Waals surface area (Å²) >= 11 is 0. The summed E-state index contributed by atoms with van der Waals surface area (Å²) in [7, 11) is 0. The molecule has 0 bridgehead atoms. The molecule has 0 spiro atoms. The molecule has 19 heavy (non-hydrogen) atoms. The third-order valence-corrected chi connectivity index (χ3v) is 3.77. The van der Waals surface area contributed by atoms with Gasteiger partial charge in [0.05, 0.1) is 6.10 Å². The third kappa shape index (κ3) is 3.70. The molecule has 1 heterocycles. The van der Waals surface area contributed by atoms with E-state index in [9.17, 15) is 9.90 Å². The number of benzene rings is 1. The summed E-state index contributed by atoms with van der Waals surface area (Å²) in [6.07, 6.45) is 0.456. The molecule has 104 valence electrons. The molecule has 2 N–H and O–H groups in total. The van der Waals surface area contributed by atoms with Crippen molar-refractivity contribution in [2.75, 3.05) is 13.1 Å². The Kier molecular flexibility index (Phi) is 4.43. The number of amides is 2. The van der Waals surface area contributed by atoms with Gasteiger partial charge in [0.15, 0.2) is 0 Å². The maximum absolute atomic E-state index is 12.0. The number of carbonyl (C=O) groups is 1. The highest BCUT2D eigenvalue weighted by Gasteiger charge is 2.26. The van der Waals surface area contributed by atoms with Crippen LogP contribution in [-0.2, 0) is 6.54 Å². The second-order valence-electron chi connectivity index (χ2n) is 5.42. The van der Waals surface area contributed by atoms with E-state index in [1.807, 2.05) is 38.1 Å². The van der Waals surface area contributed by atoms with Gasteiger partial charge in [-0.25, -0.2) is 4.79 Å². The number of piperidine rings is 1. The summed E-state index contributed by atoms with van der Waals surface area (Å²) in [6.45, 7) is 5.74. The lowest BCUT2D eigenvalue weighted by Gasteiger charge is -2.34. The molecule has 1 aliphatic rings. The fraction of sp³-hybridized carbons (Fsp3) is 0.533. The molecule has 1 aromatic carbocycles. The van der Waals surface area contributed by atoms with Crippen LogP contribution in [0.25, 0.3) is 0 Å². The minimum atomic E-state index is -0.404. The Morgan fingerprint density at radius 1 is 1.42 bits per heavy atom. The van der Waals surface area contributed by atoms with Gasteiger partial charge in [0.1, 0.15) is 0 Å². The van der Waals surface area contributed by atoms with Gasteiger partial charge in [0.2, 0.25) is 0 Å². The van der Waals surface area contributed by atoms with E-state index in [1.165, 1.54) is 5.56 Å². The smallest absolute Gasteiger partial charge is 0.317 e. The number of urea groups is 1. The van der Waals surface area contributed by atoms with Gasteiger partial charge < -0.3 is 15.3 Å². The quantitative estimate of drug-likeness (QED) is 0.855. The Labute approximate surface area is 114 Å². The van der Waals surface area contributed by atoms with Gasteiger partial charge in [0.25, 0.3) is 0 Å². The molecule has 0 radical (unpaired) electrons. The largest absolute Gasteiger partial charge is 0.391 e. The van der Waals surface area contributed by atoms with Crippen molar-refractivity contribution in [1.29, 1.82) is 0 Å². The number of aliphatic hydroxyl groups is 1. The summed E-state index contributed by atoms with van der Waals surface area (Å²) in [6, 6.07) is 8.01. The zero-order valence-corrected chi connectivity index (χ0v) is 11.6. The number of nitrogens with one attached hydrogen (secondary N) is 1. The topological polar surface area (TPSA) is 52.6 Å². The van der Waals surface area contributed by atoms with Crippen molar-refractivity contribution in [2.45, 2.75) is 32.9 Å². The van der Waals surface area contributed by atoms with Crippen LogP contribution in [0.15, 0.2) is 24.3 Å². The first-order chi connectivity index (χ1) is 9.06. The molecule has 1 saturated heterocycles. The van der Waals surface area contributed by atoms with Crippen molar-refractivity contribution in [3.05, 3.63) is 35.4 Å². The molecule has 2 unspecified atom stereocenters. The van der Waals surface area contributed by atoms with Gasteiger partial charge >= 0.3 is 6.03 Å². The van der Waals surface area contributed by atoms with Crippen LogP contribution in [0.5, 0.6) is 0 Å². The third-order valence-electron chi connectivity index (χ3n) is 3.77. The highest BCUT2D eigenvalue weighted by molar-refractivity contribution is 5.74. The minimum absolute atomic E-state index is 0.0912. The molecule has 2 rings (SSSR count). The summed E-state index contributed by atoms with van der Waals surface area (Å²) in [5.41, 5.74) is 2.30. The van der Waals surface area contributed by atoms with Crippen LogP contribution in [0.2, 0.25) is 0 Å². The van der Waals surface area contributed by atoms with Crippen molar-refractivity contribution in [2.24, 2.45) is 5.92 Å². The van der Waals surface area contributed by atoms with E-state index in [0.717, 1.165) is 18.5 Å². The number of aliphatic hydroxyl groups excluding tert-OH is 1. The molecular formula is C15H22N2O2. The SMILES string of the molecule is Cc1ccc(CNC(=O)N2CCC(C)C(O)C2)cc1. The van der Waals surface area contributed by atoms with Crippen LogP contribution in [0.4, 0.5) is 4.79 Å². The van der Waals surface area contributed by atoms with E-state index in [0.29, 0.717) is 13.1 Å². The summed E-state index contributed by atoms with van der Waals surface area (Å²) in [4.78, 5) is 13.7. The van der Waals surface area contributed by atoms with Gasteiger partial charge in [-0.3, -0.25) is 0 Å². The van der Waals surface area contributed by atoms with Gasteiger partial charge in [-0.05, 0) is 24.8 Å². The van der Waals surface area contributed by atoms with E-state index in [2.05, 4.69) is 5.32 Å². The fourth-order valence-corrected chi connectivity index (χ4v) is 2.23. The maximum atomic E-state index is 12.0. The maximum Gasteiger partial charge on any atom is 0.317 e. The Morgan fingerprint density at radius 2 is 2.11 bits per heavy atom. The summed E-state index contributed by atoms with van der Waals surface area (Å²) in [5, 5.41) is 12.7. The minimum Gasteiger partial charge on any atom is -0.391 e. The lowest BCUT2D eigenvalue weighted by atomic mass is 9.96. The Balaban J connectivity index is 1.83. The van der Waals surface area contributed by atoms with Crippen molar-refractivity contribution < 1.29 is 9.90 Å². The predicted molar refractivity (Wildman–Crippen MR) is 74.8 cm³/mol. The average Bonchev–Trinajstić information content (AvgIpc) is 2.41. The summed E-state index contributed by atoms with van der Waals surface area (Å²) < 4.78 is 0. The van der Waals surface area contributed by atoms with E-state index in [1.54, 1.807) is 4.90 Å². The molecule has 4 nitrogen and oxygen atoms in total. The molecule has 2 atom stereocenters. The first-order valence-electron chi connectivity index (χ1n) is 6.82. The van der Waals surface area contributed by atoms with Crippen molar-refractivity contribution >= 4 is 6.03 Å².